The van der Waals surface area contributed by atoms with Gasteiger partial charge in [-0.3, -0.25) is 9.78 Å². The van der Waals surface area contributed by atoms with Crippen LogP contribution in [0.15, 0.2) is 42.7 Å². The monoisotopic (exact) mass is 369 g/mol. The Morgan fingerprint density at radius 1 is 1.27 bits per heavy atom. The molecule has 1 aliphatic heterocycles. The molecule has 0 aliphatic carbocycles. The van der Waals surface area contributed by atoms with Crippen LogP contribution in [0.3, 0.4) is 0 Å². The Bertz CT molecular complexity index is 905. The number of aromatic nitrogens is 2. The summed E-state index contributed by atoms with van der Waals surface area (Å²) >= 11 is 1.52. The maximum Gasteiger partial charge on any atom is 0.274 e. The lowest BCUT2D eigenvalue weighted by molar-refractivity contribution is 0.0595. The van der Waals surface area contributed by atoms with Gasteiger partial charge in [0.05, 0.1) is 22.9 Å². The number of ether oxygens (including phenoxy) is 2. The number of carbonyl (C=O) groups excluding carboxylic acids is 1. The zero-order valence-corrected chi connectivity index (χ0v) is 15.2. The van der Waals surface area contributed by atoms with Gasteiger partial charge in [0.1, 0.15) is 11.9 Å². The lowest BCUT2D eigenvalue weighted by Crippen LogP contribution is -2.41. The van der Waals surface area contributed by atoms with Crippen molar-refractivity contribution in [3.63, 3.8) is 0 Å². The smallest absolute Gasteiger partial charge is 0.274 e. The number of thiazole rings is 1. The van der Waals surface area contributed by atoms with Crippen LogP contribution in [0.4, 0.5) is 0 Å². The van der Waals surface area contributed by atoms with Crippen LogP contribution in [0.5, 0.6) is 10.9 Å². The molecule has 0 unspecified atom stereocenters. The molecule has 0 N–H and O–H groups in total. The number of methoxy groups -OCH3 is 1. The summed E-state index contributed by atoms with van der Waals surface area (Å²) < 4.78 is 12.4. The number of nitrogens with zero attached hydrogens (tertiary/aromatic N) is 3. The first-order valence-electron chi connectivity index (χ1n) is 8.53. The van der Waals surface area contributed by atoms with Gasteiger partial charge >= 0.3 is 0 Å². The third-order valence-corrected chi connectivity index (χ3v) is 5.39. The van der Waals surface area contributed by atoms with Crippen LogP contribution in [0.2, 0.25) is 0 Å². The first kappa shape index (κ1) is 16.8. The molecule has 0 atom stereocenters. The van der Waals surface area contributed by atoms with Gasteiger partial charge in [0.15, 0.2) is 0 Å². The van der Waals surface area contributed by atoms with E-state index in [0.717, 1.165) is 28.8 Å². The summed E-state index contributed by atoms with van der Waals surface area (Å²) in [5.74, 6) is 0.846. The molecule has 1 saturated heterocycles. The molecule has 7 heteroatoms. The second-order valence-electron chi connectivity index (χ2n) is 6.16. The Morgan fingerprint density at radius 3 is 2.85 bits per heavy atom. The van der Waals surface area contributed by atoms with Gasteiger partial charge < -0.3 is 14.4 Å². The van der Waals surface area contributed by atoms with Crippen molar-refractivity contribution in [1.82, 2.24) is 14.9 Å². The van der Waals surface area contributed by atoms with E-state index < -0.39 is 0 Å². The van der Waals surface area contributed by atoms with E-state index in [1.54, 1.807) is 31.6 Å². The fraction of sp³-hybridized carbons (Fsp3) is 0.316. The van der Waals surface area contributed by atoms with Crippen LogP contribution in [0, 0.1) is 0 Å². The van der Waals surface area contributed by atoms with Crippen LogP contribution in [0.1, 0.15) is 23.2 Å². The fourth-order valence-electron chi connectivity index (χ4n) is 3.05. The molecule has 6 nitrogen and oxygen atoms in total. The predicted octanol–water partition coefficient (Wildman–Crippen LogP) is 3.38. The van der Waals surface area contributed by atoms with E-state index >= 15 is 0 Å². The Labute approximate surface area is 155 Å². The number of fused-ring (bicyclic) bond motifs is 1. The Morgan fingerprint density at radius 2 is 2.12 bits per heavy atom. The zero-order valence-electron chi connectivity index (χ0n) is 14.4. The quantitative estimate of drug-likeness (QED) is 0.705. The van der Waals surface area contributed by atoms with Crippen molar-refractivity contribution in [3.05, 3.63) is 48.3 Å². The molecule has 1 aliphatic rings. The minimum Gasteiger partial charge on any atom is -0.497 e. The summed E-state index contributed by atoms with van der Waals surface area (Å²) in [5.41, 5.74) is 1.54. The number of piperidine rings is 1. The highest BCUT2D eigenvalue weighted by Crippen LogP contribution is 2.32. The number of rotatable bonds is 4. The summed E-state index contributed by atoms with van der Waals surface area (Å²) in [6.07, 6.45) is 4.96. The summed E-state index contributed by atoms with van der Waals surface area (Å²) in [7, 11) is 1.65. The molecule has 1 fully saturated rings. The third-order valence-electron chi connectivity index (χ3n) is 4.48. The second-order valence-corrected chi connectivity index (χ2v) is 7.16. The van der Waals surface area contributed by atoms with Gasteiger partial charge in [-0.1, -0.05) is 11.3 Å². The van der Waals surface area contributed by atoms with Gasteiger partial charge in [-0.05, 0) is 30.3 Å². The van der Waals surface area contributed by atoms with Crippen molar-refractivity contribution in [1.29, 1.82) is 0 Å². The second kappa shape index (κ2) is 7.29. The average molecular weight is 369 g/mol. The molecule has 0 bridgehead atoms. The van der Waals surface area contributed by atoms with Crippen molar-refractivity contribution in [2.45, 2.75) is 18.9 Å². The van der Waals surface area contributed by atoms with Crippen molar-refractivity contribution in [2.24, 2.45) is 0 Å². The molecule has 134 valence electrons. The maximum absolute atomic E-state index is 12.5. The average Bonchev–Trinajstić information content (AvgIpc) is 3.10. The number of pyridine rings is 1. The van der Waals surface area contributed by atoms with Crippen molar-refractivity contribution in [2.75, 3.05) is 20.2 Å². The van der Waals surface area contributed by atoms with E-state index in [2.05, 4.69) is 9.97 Å². The van der Waals surface area contributed by atoms with Crippen molar-refractivity contribution >= 4 is 27.5 Å². The van der Waals surface area contributed by atoms with E-state index in [0.29, 0.717) is 23.8 Å². The number of hydrogen-bond acceptors (Lipinski definition) is 6. The Hall–Kier alpha value is -2.67. The number of hydrogen-bond donors (Lipinski definition) is 0. The molecule has 3 aromatic rings. The minimum atomic E-state index is 0.0311. The minimum absolute atomic E-state index is 0.0311. The molecule has 0 radical (unpaired) electrons. The first-order valence-corrected chi connectivity index (χ1v) is 9.35. The summed E-state index contributed by atoms with van der Waals surface area (Å²) in [6.45, 7) is 1.36. The van der Waals surface area contributed by atoms with Crippen LogP contribution in [-0.2, 0) is 0 Å². The molecule has 2 aromatic heterocycles. The SMILES string of the molecule is COc1ccc2nc(OC3CCN(C(=O)c4cccnc4)CC3)sc2c1. The van der Waals surface area contributed by atoms with E-state index in [-0.39, 0.29) is 12.0 Å². The lowest BCUT2D eigenvalue weighted by atomic mass is 10.1. The molecular formula is C19H19N3O3S. The molecule has 1 aromatic carbocycles. The number of amides is 1. The van der Waals surface area contributed by atoms with E-state index in [4.69, 9.17) is 9.47 Å². The normalized spacial score (nSPS) is 15.2. The van der Waals surface area contributed by atoms with Gasteiger partial charge in [0, 0.05) is 38.3 Å². The molecule has 0 spiro atoms. The number of likely N-dealkylation sites (tertiary alicyclic amines) is 1. The van der Waals surface area contributed by atoms with Gasteiger partial charge in [-0.15, -0.1) is 0 Å². The Kier molecular flexibility index (Phi) is 4.71. The molecule has 0 saturated carbocycles. The number of carbonyl (C=O) groups is 1. The van der Waals surface area contributed by atoms with E-state index in [1.807, 2.05) is 23.1 Å². The van der Waals surface area contributed by atoms with Gasteiger partial charge in [0.25, 0.3) is 11.1 Å². The highest BCUT2D eigenvalue weighted by molar-refractivity contribution is 7.20. The summed E-state index contributed by atoms with van der Waals surface area (Å²) in [4.78, 5) is 22.9. The van der Waals surface area contributed by atoms with E-state index in [1.165, 1.54) is 11.3 Å². The summed E-state index contributed by atoms with van der Waals surface area (Å²) in [6, 6.07) is 9.38. The van der Waals surface area contributed by atoms with E-state index in [9.17, 15) is 4.79 Å². The van der Waals surface area contributed by atoms with Crippen LogP contribution in [0.25, 0.3) is 10.2 Å². The fourth-order valence-corrected chi connectivity index (χ4v) is 3.96. The molecule has 4 rings (SSSR count). The zero-order chi connectivity index (χ0) is 17.9. The topological polar surface area (TPSA) is 64.6 Å². The lowest BCUT2D eigenvalue weighted by Gasteiger charge is -2.31. The van der Waals surface area contributed by atoms with Gasteiger partial charge in [-0.2, -0.15) is 0 Å². The highest BCUT2D eigenvalue weighted by atomic mass is 32.1. The number of benzene rings is 1. The van der Waals surface area contributed by atoms with Crippen LogP contribution in [-0.4, -0.2) is 47.1 Å². The molecule has 3 heterocycles. The third kappa shape index (κ3) is 3.48. The van der Waals surface area contributed by atoms with Crippen LogP contribution >= 0.6 is 11.3 Å². The van der Waals surface area contributed by atoms with Gasteiger partial charge in [-0.25, -0.2) is 4.98 Å². The highest BCUT2D eigenvalue weighted by Gasteiger charge is 2.25. The molecular weight excluding hydrogens is 350 g/mol. The standard InChI is InChI=1S/C19H19N3O3S/c1-24-15-4-5-16-17(11-15)26-19(21-16)25-14-6-9-22(10-7-14)18(23)13-3-2-8-20-12-13/h2-5,8,11-12,14H,6-7,9-10H2,1H3. The maximum atomic E-state index is 12.5. The predicted molar refractivity (Wildman–Crippen MR) is 100.0 cm³/mol. The molecule has 1 amide bonds. The van der Waals surface area contributed by atoms with Crippen LogP contribution < -0.4 is 9.47 Å². The summed E-state index contributed by atoms with van der Waals surface area (Å²) in [5, 5.41) is 0.672. The van der Waals surface area contributed by atoms with Crippen molar-refractivity contribution in [3.8, 4) is 10.9 Å². The Balaban J connectivity index is 1.37. The largest absolute Gasteiger partial charge is 0.497 e. The molecule has 26 heavy (non-hydrogen) atoms. The van der Waals surface area contributed by atoms with Gasteiger partial charge in [0.2, 0.25) is 0 Å². The first-order chi connectivity index (χ1) is 12.7. The van der Waals surface area contributed by atoms with Crippen molar-refractivity contribution < 1.29 is 14.3 Å².